The number of aromatic nitrogens is 2. The van der Waals surface area contributed by atoms with E-state index < -0.39 is 0 Å². The van der Waals surface area contributed by atoms with Crippen molar-refractivity contribution in [2.24, 2.45) is 4.99 Å². The van der Waals surface area contributed by atoms with Gasteiger partial charge in [-0.2, -0.15) is 0 Å². The van der Waals surface area contributed by atoms with Crippen molar-refractivity contribution in [2.75, 3.05) is 0 Å². The van der Waals surface area contributed by atoms with E-state index in [2.05, 4.69) is 37.6 Å². The highest BCUT2D eigenvalue weighted by Gasteiger charge is 2.12. The number of pyridine rings is 1. The molecule has 4 nitrogen and oxygen atoms in total. The summed E-state index contributed by atoms with van der Waals surface area (Å²) in [6.45, 7) is 3.21. The van der Waals surface area contributed by atoms with Gasteiger partial charge in [0, 0.05) is 22.3 Å². The molecule has 2 aromatic heterocycles. The van der Waals surface area contributed by atoms with Crippen LogP contribution in [0.1, 0.15) is 10.4 Å². The zero-order chi connectivity index (χ0) is 10.1. The lowest BCUT2D eigenvalue weighted by molar-refractivity contribution is 0.101. The first kappa shape index (κ1) is 9.08. The van der Waals surface area contributed by atoms with Gasteiger partial charge in [0.25, 0.3) is 5.91 Å². The normalized spacial score (nSPS) is 10.4. The second kappa shape index (κ2) is 3.34. The van der Waals surface area contributed by atoms with Gasteiger partial charge in [-0.1, -0.05) is 0 Å². The smallest absolute Gasteiger partial charge is 0.277 e. The molecule has 0 bridgehead atoms. The summed E-state index contributed by atoms with van der Waals surface area (Å²) in [4.78, 5) is 21.8. The molecule has 0 spiro atoms. The predicted octanol–water partition coefficient (Wildman–Crippen LogP) is 2.17. The lowest BCUT2D eigenvalue weighted by Crippen LogP contribution is -1.95. The van der Waals surface area contributed by atoms with E-state index in [-0.39, 0.29) is 5.91 Å². The summed E-state index contributed by atoms with van der Waals surface area (Å²) >= 11 is 3.33. The number of aromatic amines is 1. The topological polar surface area (TPSA) is 58.1 Å². The first-order valence-electron chi connectivity index (χ1n) is 3.86. The van der Waals surface area contributed by atoms with Gasteiger partial charge in [-0.05, 0) is 28.7 Å². The van der Waals surface area contributed by atoms with Gasteiger partial charge >= 0.3 is 0 Å². The maximum atomic E-state index is 11.4. The summed E-state index contributed by atoms with van der Waals surface area (Å²) in [6.07, 6.45) is 3.29. The van der Waals surface area contributed by atoms with Gasteiger partial charge in [0.1, 0.15) is 5.65 Å². The van der Waals surface area contributed by atoms with E-state index in [4.69, 9.17) is 0 Å². The molecular weight excluding hydrogens is 246 g/mol. The second-order valence-corrected chi connectivity index (χ2v) is 3.54. The molecule has 70 valence electrons. The van der Waals surface area contributed by atoms with Gasteiger partial charge in [-0.15, -0.1) is 0 Å². The fraction of sp³-hybridized carbons (Fsp3) is 0. The highest BCUT2D eigenvalue weighted by Crippen LogP contribution is 2.25. The maximum absolute atomic E-state index is 11.4. The van der Waals surface area contributed by atoms with Crippen LogP contribution in [0.15, 0.2) is 27.9 Å². The van der Waals surface area contributed by atoms with Gasteiger partial charge < -0.3 is 4.98 Å². The van der Waals surface area contributed by atoms with E-state index in [1.54, 1.807) is 18.5 Å². The average Bonchev–Trinajstić information content (AvgIpc) is 2.59. The number of hydrogen-bond acceptors (Lipinski definition) is 2. The van der Waals surface area contributed by atoms with E-state index in [1.807, 2.05) is 0 Å². The minimum atomic E-state index is -0.349. The number of fused-ring (bicyclic) bond motifs is 1. The Morgan fingerprint density at radius 2 is 2.43 bits per heavy atom. The van der Waals surface area contributed by atoms with Gasteiger partial charge in [0.15, 0.2) is 0 Å². The first-order valence-corrected chi connectivity index (χ1v) is 4.66. The SMILES string of the molecule is C=NC(=O)c1ccnc2[nH]cc(Br)c12. The largest absolute Gasteiger partial charge is 0.345 e. The van der Waals surface area contributed by atoms with Crippen LogP contribution >= 0.6 is 15.9 Å². The molecule has 0 atom stereocenters. The fourth-order valence-electron chi connectivity index (χ4n) is 1.28. The number of H-pyrrole nitrogens is 1. The van der Waals surface area contributed by atoms with Gasteiger partial charge in [-0.25, -0.2) is 9.98 Å². The average molecular weight is 252 g/mol. The number of halogens is 1. The Balaban J connectivity index is 2.81. The summed E-state index contributed by atoms with van der Waals surface area (Å²) in [5.41, 5.74) is 1.16. The molecule has 0 radical (unpaired) electrons. The zero-order valence-electron chi connectivity index (χ0n) is 7.12. The number of carbonyl (C=O) groups is 1. The molecule has 0 aliphatic heterocycles. The van der Waals surface area contributed by atoms with Crippen molar-refractivity contribution >= 4 is 39.6 Å². The molecule has 0 fully saturated rings. The molecule has 2 heterocycles. The predicted molar refractivity (Wildman–Crippen MR) is 57.7 cm³/mol. The highest BCUT2D eigenvalue weighted by atomic mass is 79.9. The minimum absolute atomic E-state index is 0.349. The molecule has 0 aliphatic rings. The summed E-state index contributed by atoms with van der Waals surface area (Å²) in [5.74, 6) is -0.349. The molecule has 0 unspecified atom stereocenters. The standard InChI is InChI=1S/C9H6BrN3O/c1-11-9(14)5-2-3-12-8-7(5)6(10)4-13-8/h2-4H,1H2,(H,12,13). The number of carbonyl (C=O) groups excluding carboxylic acids is 1. The van der Waals surface area contributed by atoms with E-state index in [1.165, 1.54) is 0 Å². The van der Waals surface area contributed by atoms with E-state index in [0.29, 0.717) is 11.2 Å². The molecule has 1 amide bonds. The Bertz CT molecular complexity index is 518. The Kier molecular flexibility index (Phi) is 2.17. The molecule has 2 aromatic rings. The summed E-state index contributed by atoms with van der Waals surface area (Å²) < 4.78 is 0.799. The van der Waals surface area contributed by atoms with Crippen LogP contribution in [0.5, 0.6) is 0 Å². The molecule has 5 heteroatoms. The van der Waals surface area contributed by atoms with Crippen LogP contribution in [-0.2, 0) is 0 Å². The Morgan fingerprint density at radius 1 is 1.64 bits per heavy atom. The number of aliphatic imine (C=N–C) groups is 1. The van der Waals surface area contributed by atoms with Crippen molar-refractivity contribution in [1.29, 1.82) is 0 Å². The molecular formula is C9H6BrN3O. The molecule has 2 rings (SSSR count). The molecule has 0 saturated heterocycles. The van der Waals surface area contributed by atoms with Crippen LogP contribution in [0.3, 0.4) is 0 Å². The summed E-state index contributed by atoms with van der Waals surface area (Å²) in [6, 6.07) is 1.62. The minimum Gasteiger partial charge on any atom is -0.345 e. The number of nitrogens with one attached hydrogen (secondary N) is 1. The van der Waals surface area contributed by atoms with Crippen LogP contribution in [0.25, 0.3) is 11.0 Å². The van der Waals surface area contributed by atoms with Gasteiger partial charge in [-0.3, -0.25) is 4.79 Å². The molecule has 0 aromatic carbocycles. The lowest BCUT2D eigenvalue weighted by Gasteiger charge is -1.97. The molecule has 14 heavy (non-hydrogen) atoms. The highest BCUT2D eigenvalue weighted by molar-refractivity contribution is 9.10. The van der Waals surface area contributed by atoms with Crippen LogP contribution < -0.4 is 0 Å². The Morgan fingerprint density at radius 3 is 3.14 bits per heavy atom. The van der Waals surface area contributed by atoms with Crippen molar-refractivity contribution in [1.82, 2.24) is 9.97 Å². The number of nitrogens with zero attached hydrogens (tertiary/aromatic N) is 2. The number of rotatable bonds is 1. The third-order valence-corrected chi connectivity index (χ3v) is 2.52. The van der Waals surface area contributed by atoms with Crippen LogP contribution in [0.2, 0.25) is 0 Å². The van der Waals surface area contributed by atoms with E-state index in [0.717, 1.165) is 9.86 Å². The molecule has 1 N–H and O–H groups in total. The maximum Gasteiger partial charge on any atom is 0.277 e. The second-order valence-electron chi connectivity index (χ2n) is 2.68. The van der Waals surface area contributed by atoms with Crippen molar-refractivity contribution in [3.05, 3.63) is 28.5 Å². The van der Waals surface area contributed by atoms with Crippen molar-refractivity contribution in [2.45, 2.75) is 0 Å². The quantitative estimate of drug-likeness (QED) is 0.790. The van der Waals surface area contributed by atoms with Crippen molar-refractivity contribution < 1.29 is 4.79 Å². The third-order valence-electron chi connectivity index (χ3n) is 1.90. The third kappa shape index (κ3) is 1.26. The summed E-state index contributed by atoms with van der Waals surface area (Å²) in [5, 5.41) is 0.741. The number of amides is 1. The van der Waals surface area contributed by atoms with Crippen LogP contribution in [-0.4, -0.2) is 22.6 Å². The van der Waals surface area contributed by atoms with Crippen molar-refractivity contribution in [3.63, 3.8) is 0 Å². The van der Waals surface area contributed by atoms with Crippen LogP contribution in [0.4, 0.5) is 0 Å². The lowest BCUT2D eigenvalue weighted by atomic mass is 10.2. The van der Waals surface area contributed by atoms with Crippen molar-refractivity contribution in [3.8, 4) is 0 Å². The Hall–Kier alpha value is -1.49. The molecule has 0 saturated carbocycles. The van der Waals surface area contributed by atoms with E-state index >= 15 is 0 Å². The first-order chi connectivity index (χ1) is 6.74. The summed E-state index contributed by atoms with van der Waals surface area (Å²) in [7, 11) is 0. The zero-order valence-corrected chi connectivity index (χ0v) is 8.71. The van der Waals surface area contributed by atoms with Crippen LogP contribution in [0, 0.1) is 0 Å². The van der Waals surface area contributed by atoms with Gasteiger partial charge in [0.2, 0.25) is 0 Å². The number of hydrogen-bond donors (Lipinski definition) is 1. The monoisotopic (exact) mass is 251 g/mol. The molecule has 0 aliphatic carbocycles. The Labute approximate surface area is 88.2 Å². The van der Waals surface area contributed by atoms with E-state index in [9.17, 15) is 4.79 Å². The fourth-order valence-corrected chi connectivity index (χ4v) is 1.80. The van der Waals surface area contributed by atoms with Gasteiger partial charge in [0.05, 0.1) is 5.56 Å².